The van der Waals surface area contributed by atoms with Gasteiger partial charge in [0, 0.05) is 42.3 Å². The number of carbonyl (C=O) groups is 1. The van der Waals surface area contributed by atoms with Gasteiger partial charge in [0.05, 0.1) is 11.9 Å². The van der Waals surface area contributed by atoms with Gasteiger partial charge >= 0.3 is 6.03 Å². The first kappa shape index (κ1) is 16.0. The Kier molecular flexibility index (Phi) is 4.77. The van der Waals surface area contributed by atoms with E-state index in [1.165, 1.54) is 0 Å². The molecule has 0 radical (unpaired) electrons. The van der Waals surface area contributed by atoms with Crippen LogP contribution in [0.4, 0.5) is 10.5 Å². The molecule has 0 atom stereocenters. The Labute approximate surface area is 144 Å². The van der Waals surface area contributed by atoms with Crippen molar-refractivity contribution in [2.24, 2.45) is 7.05 Å². The van der Waals surface area contributed by atoms with Crippen LogP contribution in [0.1, 0.15) is 5.56 Å². The Hall–Kier alpha value is -2.86. The zero-order chi connectivity index (χ0) is 16.9. The monoisotopic (exact) mass is 341 g/mol. The fourth-order valence-electron chi connectivity index (χ4n) is 2.30. The van der Waals surface area contributed by atoms with Gasteiger partial charge in [-0.1, -0.05) is 23.7 Å². The summed E-state index contributed by atoms with van der Waals surface area (Å²) >= 11 is 5.90. The van der Waals surface area contributed by atoms with Crippen molar-refractivity contribution in [2.75, 3.05) is 5.32 Å². The Morgan fingerprint density at radius 2 is 2.17 bits per heavy atom. The van der Waals surface area contributed by atoms with Crippen LogP contribution < -0.4 is 10.6 Å². The van der Waals surface area contributed by atoms with E-state index in [0.29, 0.717) is 17.3 Å². The minimum atomic E-state index is -0.307. The molecule has 0 aliphatic rings. The van der Waals surface area contributed by atoms with Crippen LogP contribution in [0.3, 0.4) is 0 Å². The summed E-state index contributed by atoms with van der Waals surface area (Å²) in [7, 11) is 1.85. The summed E-state index contributed by atoms with van der Waals surface area (Å²) in [4.78, 5) is 16.4. The number of pyridine rings is 1. The normalized spacial score (nSPS) is 10.4. The lowest BCUT2D eigenvalue weighted by atomic mass is 10.1. The van der Waals surface area contributed by atoms with E-state index >= 15 is 0 Å². The van der Waals surface area contributed by atoms with Crippen LogP contribution in [0.15, 0.2) is 55.0 Å². The molecular formula is C17H16ClN5O. The van der Waals surface area contributed by atoms with E-state index < -0.39 is 0 Å². The molecule has 0 saturated carbocycles. The standard InChI is InChI=1S/C17H16ClN5O/c1-23-11-13(10-21-23)16-12(4-3-7-19-16)9-20-17(24)22-15-6-2-5-14(18)8-15/h2-8,10-11H,9H2,1H3,(H2,20,22,24). The third-order valence-corrected chi connectivity index (χ3v) is 3.63. The second-order valence-electron chi connectivity index (χ2n) is 5.23. The maximum Gasteiger partial charge on any atom is 0.319 e. The Bertz CT molecular complexity index is 861. The molecule has 0 saturated heterocycles. The number of rotatable bonds is 4. The maximum atomic E-state index is 12.0. The summed E-state index contributed by atoms with van der Waals surface area (Å²) in [6, 6.07) is 10.4. The zero-order valence-corrected chi connectivity index (χ0v) is 13.8. The molecule has 3 aromatic rings. The third-order valence-electron chi connectivity index (χ3n) is 3.39. The molecule has 2 aromatic heterocycles. The summed E-state index contributed by atoms with van der Waals surface area (Å²) in [5.41, 5.74) is 3.25. The predicted octanol–water partition coefficient (Wildman–Crippen LogP) is 3.46. The van der Waals surface area contributed by atoms with E-state index in [4.69, 9.17) is 11.6 Å². The number of hydrogen-bond acceptors (Lipinski definition) is 3. The second-order valence-corrected chi connectivity index (χ2v) is 5.67. The molecule has 0 spiro atoms. The molecule has 122 valence electrons. The molecule has 0 unspecified atom stereocenters. The Morgan fingerprint density at radius 3 is 2.92 bits per heavy atom. The predicted molar refractivity (Wildman–Crippen MR) is 93.7 cm³/mol. The number of urea groups is 1. The minimum Gasteiger partial charge on any atom is -0.334 e. The number of hydrogen-bond donors (Lipinski definition) is 2. The van der Waals surface area contributed by atoms with Crippen LogP contribution in [-0.2, 0) is 13.6 Å². The quantitative estimate of drug-likeness (QED) is 0.763. The highest BCUT2D eigenvalue weighted by molar-refractivity contribution is 6.30. The van der Waals surface area contributed by atoms with Crippen molar-refractivity contribution in [1.29, 1.82) is 0 Å². The number of amides is 2. The number of aromatic nitrogens is 3. The third kappa shape index (κ3) is 3.91. The molecule has 2 heterocycles. The van der Waals surface area contributed by atoms with E-state index in [1.807, 2.05) is 25.4 Å². The minimum absolute atomic E-state index is 0.307. The van der Waals surface area contributed by atoms with Crippen molar-refractivity contribution < 1.29 is 4.79 Å². The Balaban J connectivity index is 1.67. The van der Waals surface area contributed by atoms with Crippen LogP contribution in [0.5, 0.6) is 0 Å². The lowest BCUT2D eigenvalue weighted by Crippen LogP contribution is -2.28. The van der Waals surface area contributed by atoms with Gasteiger partial charge in [0.1, 0.15) is 0 Å². The highest BCUT2D eigenvalue weighted by Gasteiger charge is 2.09. The average molecular weight is 342 g/mol. The highest BCUT2D eigenvalue weighted by atomic mass is 35.5. The lowest BCUT2D eigenvalue weighted by Gasteiger charge is -2.10. The average Bonchev–Trinajstić information content (AvgIpc) is 2.99. The molecule has 6 nitrogen and oxygen atoms in total. The van der Waals surface area contributed by atoms with Crippen molar-refractivity contribution in [3.63, 3.8) is 0 Å². The summed E-state index contributed by atoms with van der Waals surface area (Å²) in [6.07, 6.45) is 5.35. The molecule has 0 fully saturated rings. The van der Waals surface area contributed by atoms with Gasteiger partial charge < -0.3 is 10.6 Å². The number of halogens is 1. The molecule has 0 aliphatic heterocycles. The summed E-state index contributed by atoms with van der Waals surface area (Å²) in [5, 5.41) is 10.3. The number of benzene rings is 1. The number of nitrogens with zero attached hydrogens (tertiary/aromatic N) is 3. The summed E-state index contributed by atoms with van der Waals surface area (Å²) in [6.45, 7) is 0.352. The van der Waals surface area contributed by atoms with Crippen molar-refractivity contribution in [2.45, 2.75) is 6.54 Å². The molecule has 24 heavy (non-hydrogen) atoms. The summed E-state index contributed by atoms with van der Waals surface area (Å²) < 4.78 is 1.72. The SMILES string of the molecule is Cn1cc(-c2ncccc2CNC(=O)Nc2cccc(Cl)c2)cn1. The molecule has 0 aliphatic carbocycles. The molecular weight excluding hydrogens is 326 g/mol. The first-order chi connectivity index (χ1) is 11.6. The van der Waals surface area contributed by atoms with Gasteiger partial charge in [-0.2, -0.15) is 5.10 Å². The van der Waals surface area contributed by atoms with E-state index in [-0.39, 0.29) is 6.03 Å². The van der Waals surface area contributed by atoms with Crippen LogP contribution in [0, 0.1) is 0 Å². The largest absolute Gasteiger partial charge is 0.334 e. The van der Waals surface area contributed by atoms with E-state index in [2.05, 4.69) is 20.7 Å². The van der Waals surface area contributed by atoms with Crippen molar-refractivity contribution >= 4 is 23.3 Å². The maximum absolute atomic E-state index is 12.0. The van der Waals surface area contributed by atoms with E-state index in [0.717, 1.165) is 16.8 Å². The van der Waals surface area contributed by atoms with Gasteiger partial charge in [-0.15, -0.1) is 0 Å². The van der Waals surface area contributed by atoms with E-state index in [9.17, 15) is 4.79 Å². The lowest BCUT2D eigenvalue weighted by molar-refractivity contribution is 0.252. The van der Waals surface area contributed by atoms with Crippen LogP contribution in [0.25, 0.3) is 11.3 Å². The first-order valence-corrected chi connectivity index (χ1v) is 7.73. The molecule has 3 rings (SSSR count). The van der Waals surface area contributed by atoms with Crippen LogP contribution in [-0.4, -0.2) is 20.8 Å². The molecule has 1 aromatic carbocycles. The number of nitrogens with one attached hydrogen (secondary N) is 2. The van der Waals surface area contributed by atoms with Gasteiger partial charge in [0.2, 0.25) is 0 Å². The van der Waals surface area contributed by atoms with Gasteiger partial charge in [-0.25, -0.2) is 4.79 Å². The van der Waals surface area contributed by atoms with Gasteiger partial charge in [-0.3, -0.25) is 9.67 Å². The van der Waals surface area contributed by atoms with Gasteiger partial charge in [-0.05, 0) is 29.8 Å². The second kappa shape index (κ2) is 7.14. The van der Waals surface area contributed by atoms with Crippen LogP contribution in [0.2, 0.25) is 5.02 Å². The number of carbonyl (C=O) groups excluding carboxylic acids is 1. The zero-order valence-electron chi connectivity index (χ0n) is 13.0. The van der Waals surface area contributed by atoms with Crippen molar-refractivity contribution in [3.05, 3.63) is 65.6 Å². The molecule has 0 bridgehead atoms. The van der Waals surface area contributed by atoms with Crippen molar-refractivity contribution in [3.8, 4) is 11.3 Å². The molecule has 2 N–H and O–H groups in total. The van der Waals surface area contributed by atoms with Crippen LogP contribution >= 0.6 is 11.6 Å². The fourth-order valence-corrected chi connectivity index (χ4v) is 2.49. The van der Waals surface area contributed by atoms with Gasteiger partial charge in [0.25, 0.3) is 0 Å². The molecule has 2 amide bonds. The van der Waals surface area contributed by atoms with Gasteiger partial charge in [0.15, 0.2) is 0 Å². The fraction of sp³-hybridized carbons (Fsp3) is 0.118. The number of aryl methyl sites for hydroxylation is 1. The van der Waals surface area contributed by atoms with E-state index in [1.54, 1.807) is 41.3 Å². The smallest absolute Gasteiger partial charge is 0.319 e. The first-order valence-electron chi connectivity index (χ1n) is 7.35. The van der Waals surface area contributed by atoms with Crippen molar-refractivity contribution in [1.82, 2.24) is 20.1 Å². The Morgan fingerprint density at radius 1 is 1.29 bits per heavy atom. The summed E-state index contributed by atoms with van der Waals surface area (Å²) in [5.74, 6) is 0. The molecule has 7 heteroatoms. The number of anilines is 1. The topological polar surface area (TPSA) is 71.8 Å². The highest BCUT2D eigenvalue weighted by Crippen LogP contribution is 2.20.